The van der Waals surface area contributed by atoms with Crippen LogP contribution in [0.15, 0.2) is 48.9 Å². The number of halogens is 2. The summed E-state index contributed by atoms with van der Waals surface area (Å²) in [6.07, 6.45) is 5.57. The SMILES string of the molecule is Cc1nccn1Cc1ccnc(-c2ccc(Cl)c(Cl)c2)c1. The summed E-state index contributed by atoms with van der Waals surface area (Å²) in [5.41, 5.74) is 2.99. The quantitative estimate of drug-likeness (QED) is 0.706. The van der Waals surface area contributed by atoms with Crippen molar-refractivity contribution < 1.29 is 0 Å². The molecule has 3 aromatic rings. The molecule has 2 aromatic heterocycles. The smallest absolute Gasteiger partial charge is 0.105 e. The second kappa shape index (κ2) is 5.88. The van der Waals surface area contributed by atoms with E-state index in [0.717, 1.165) is 29.2 Å². The van der Waals surface area contributed by atoms with E-state index in [1.807, 2.05) is 31.3 Å². The Morgan fingerprint density at radius 3 is 2.57 bits per heavy atom. The van der Waals surface area contributed by atoms with Crippen molar-refractivity contribution in [2.24, 2.45) is 0 Å². The summed E-state index contributed by atoms with van der Waals surface area (Å²) in [5, 5.41) is 1.08. The molecule has 106 valence electrons. The van der Waals surface area contributed by atoms with Gasteiger partial charge >= 0.3 is 0 Å². The highest BCUT2D eigenvalue weighted by molar-refractivity contribution is 6.42. The molecule has 0 radical (unpaired) electrons. The molecular weight excluding hydrogens is 305 g/mol. The zero-order valence-electron chi connectivity index (χ0n) is 11.4. The van der Waals surface area contributed by atoms with E-state index in [1.165, 1.54) is 0 Å². The number of hydrogen-bond donors (Lipinski definition) is 0. The van der Waals surface area contributed by atoms with Crippen LogP contribution in [0.5, 0.6) is 0 Å². The van der Waals surface area contributed by atoms with Crippen molar-refractivity contribution in [1.82, 2.24) is 14.5 Å². The number of nitrogens with zero attached hydrogens (tertiary/aromatic N) is 3. The Morgan fingerprint density at radius 1 is 1.00 bits per heavy atom. The molecule has 0 N–H and O–H groups in total. The lowest BCUT2D eigenvalue weighted by atomic mass is 10.1. The molecule has 0 spiro atoms. The van der Waals surface area contributed by atoms with Gasteiger partial charge in [0.2, 0.25) is 0 Å². The molecule has 0 aliphatic heterocycles. The van der Waals surface area contributed by atoms with Crippen molar-refractivity contribution in [1.29, 1.82) is 0 Å². The van der Waals surface area contributed by atoms with Crippen LogP contribution in [-0.4, -0.2) is 14.5 Å². The van der Waals surface area contributed by atoms with Crippen LogP contribution < -0.4 is 0 Å². The lowest BCUT2D eigenvalue weighted by molar-refractivity contribution is 0.761. The molecule has 0 amide bonds. The predicted molar refractivity (Wildman–Crippen MR) is 85.8 cm³/mol. The molecule has 5 heteroatoms. The minimum Gasteiger partial charge on any atom is -0.331 e. The molecule has 21 heavy (non-hydrogen) atoms. The molecule has 1 aromatic carbocycles. The first-order valence-corrected chi connectivity index (χ1v) is 7.27. The van der Waals surface area contributed by atoms with Crippen LogP contribution in [0.1, 0.15) is 11.4 Å². The zero-order valence-corrected chi connectivity index (χ0v) is 12.9. The number of aryl methyl sites for hydroxylation is 1. The average molecular weight is 318 g/mol. The van der Waals surface area contributed by atoms with Gasteiger partial charge in [-0.25, -0.2) is 4.98 Å². The van der Waals surface area contributed by atoms with Gasteiger partial charge in [-0.1, -0.05) is 29.3 Å². The highest BCUT2D eigenvalue weighted by Gasteiger charge is 2.05. The maximum absolute atomic E-state index is 6.07. The first-order valence-electron chi connectivity index (χ1n) is 6.51. The van der Waals surface area contributed by atoms with E-state index < -0.39 is 0 Å². The van der Waals surface area contributed by atoms with Gasteiger partial charge in [-0.15, -0.1) is 0 Å². The molecule has 0 fully saturated rings. The van der Waals surface area contributed by atoms with Gasteiger partial charge in [-0.3, -0.25) is 4.98 Å². The Bertz CT molecular complexity index is 781. The molecule has 0 saturated heterocycles. The van der Waals surface area contributed by atoms with E-state index in [2.05, 4.69) is 20.6 Å². The zero-order chi connectivity index (χ0) is 14.8. The van der Waals surface area contributed by atoms with Crippen LogP contribution in [0.3, 0.4) is 0 Å². The van der Waals surface area contributed by atoms with Gasteiger partial charge in [0.15, 0.2) is 0 Å². The summed E-state index contributed by atoms with van der Waals surface area (Å²) in [6, 6.07) is 9.59. The standard InChI is InChI=1S/C16H13Cl2N3/c1-11-19-6-7-21(11)10-12-4-5-20-16(8-12)13-2-3-14(17)15(18)9-13/h2-9H,10H2,1H3. The Morgan fingerprint density at radius 2 is 1.86 bits per heavy atom. The Balaban J connectivity index is 1.92. The largest absolute Gasteiger partial charge is 0.331 e. The van der Waals surface area contributed by atoms with Crippen molar-refractivity contribution in [2.45, 2.75) is 13.5 Å². The Labute approximate surface area is 133 Å². The predicted octanol–water partition coefficient (Wildman–Crippen LogP) is 4.61. The summed E-state index contributed by atoms with van der Waals surface area (Å²) in [5.74, 6) is 0.989. The van der Waals surface area contributed by atoms with Crippen LogP contribution in [0.4, 0.5) is 0 Å². The van der Waals surface area contributed by atoms with Crippen molar-refractivity contribution in [2.75, 3.05) is 0 Å². The van der Waals surface area contributed by atoms with Gasteiger partial charge in [-0.2, -0.15) is 0 Å². The first-order chi connectivity index (χ1) is 10.1. The molecule has 0 aliphatic carbocycles. The van der Waals surface area contributed by atoms with Gasteiger partial charge < -0.3 is 4.57 Å². The van der Waals surface area contributed by atoms with Crippen LogP contribution in [0.2, 0.25) is 10.0 Å². The minimum absolute atomic E-state index is 0.534. The second-order valence-electron chi connectivity index (χ2n) is 4.78. The fraction of sp³-hybridized carbons (Fsp3) is 0.125. The lowest BCUT2D eigenvalue weighted by Gasteiger charge is -2.08. The molecular formula is C16H13Cl2N3. The van der Waals surface area contributed by atoms with Crippen LogP contribution in [0, 0.1) is 6.92 Å². The highest BCUT2D eigenvalue weighted by atomic mass is 35.5. The first kappa shape index (κ1) is 14.1. The molecule has 0 unspecified atom stereocenters. The lowest BCUT2D eigenvalue weighted by Crippen LogP contribution is -2.01. The van der Waals surface area contributed by atoms with Gasteiger partial charge in [-0.05, 0) is 36.8 Å². The third-order valence-electron chi connectivity index (χ3n) is 3.32. The van der Waals surface area contributed by atoms with E-state index in [4.69, 9.17) is 23.2 Å². The highest BCUT2D eigenvalue weighted by Crippen LogP contribution is 2.27. The summed E-state index contributed by atoms with van der Waals surface area (Å²) in [4.78, 5) is 8.64. The van der Waals surface area contributed by atoms with Crippen LogP contribution in [-0.2, 0) is 6.54 Å². The average Bonchev–Trinajstić information content (AvgIpc) is 2.88. The molecule has 3 nitrogen and oxygen atoms in total. The number of hydrogen-bond acceptors (Lipinski definition) is 2. The molecule has 0 bridgehead atoms. The van der Waals surface area contributed by atoms with Gasteiger partial charge in [0.25, 0.3) is 0 Å². The summed E-state index contributed by atoms with van der Waals surface area (Å²) < 4.78 is 2.09. The van der Waals surface area contributed by atoms with Gasteiger partial charge in [0.05, 0.1) is 15.7 Å². The van der Waals surface area contributed by atoms with Crippen molar-refractivity contribution in [3.8, 4) is 11.3 Å². The topological polar surface area (TPSA) is 30.7 Å². The fourth-order valence-corrected chi connectivity index (χ4v) is 2.45. The van der Waals surface area contributed by atoms with Crippen molar-refractivity contribution in [3.05, 3.63) is 70.4 Å². The molecule has 0 aliphatic rings. The maximum Gasteiger partial charge on any atom is 0.105 e. The number of benzene rings is 1. The van der Waals surface area contributed by atoms with Gasteiger partial charge in [0.1, 0.15) is 5.82 Å². The van der Waals surface area contributed by atoms with Crippen molar-refractivity contribution in [3.63, 3.8) is 0 Å². The van der Waals surface area contributed by atoms with E-state index in [9.17, 15) is 0 Å². The summed E-state index contributed by atoms with van der Waals surface area (Å²) in [6.45, 7) is 2.75. The molecule has 0 atom stereocenters. The second-order valence-corrected chi connectivity index (χ2v) is 5.59. The third kappa shape index (κ3) is 3.09. The van der Waals surface area contributed by atoms with E-state index in [0.29, 0.717) is 10.0 Å². The van der Waals surface area contributed by atoms with Crippen LogP contribution in [0.25, 0.3) is 11.3 Å². The fourth-order valence-electron chi connectivity index (χ4n) is 2.15. The normalized spacial score (nSPS) is 10.8. The van der Waals surface area contributed by atoms with Gasteiger partial charge in [0, 0.05) is 30.7 Å². The summed E-state index contributed by atoms with van der Waals surface area (Å²) >= 11 is 12.0. The molecule has 0 saturated carbocycles. The minimum atomic E-state index is 0.534. The molecule has 3 rings (SSSR count). The number of rotatable bonds is 3. The molecule has 2 heterocycles. The van der Waals surface area contributed by atoms with Crippen molar-refractivity contribution >= 4 is 23.2 Å². The monoisotopic (exact) mass is 317 g/mol. The third-order valence-corrected chi connectivity index (χ3v) is 4.06. The summed E-state index contributed by atoms with van der Waals surface area (Å²) in [7, 11) is 0. The van der Waals surface area contributed by atoms with E-state index in [1.54, 1.807) is 18.5 Å². The Kier molecular flexibility index (Phi) is 3.95. The number of imidazole rings is 1. The Hall–Kier alpha value is -1.84. The maximum atomic E-state index is 6.07. The number of aromatic nitrogens is 3. The van der Waals surface area contributed by atoms with Crippen LogP contribution >= 0.6 is 23.2 Å². The number of pyridine rings is 1. The van der Waals surface area contributed by atoms with E-state index in [-0.39, 0.29) is 0 Å². The van der Waals surface area contributed by atoms with E-state index >= 15 is 0 Å².